The van der Waals surface area contributed by atoms with Crippen LogP contribution in [0.25, 0.3) is 11.3 Å². The van der Waals surface area contributed by atoms with Crippen molar-refractivity contribution in [3.63, 3.8) is 0 Å². The Morgan fingerprint density at radius 1 is 1.17 bits per heavy atom. The zero-order valence-electron chi connectivity index (χ0n) is 12.4. The van der Waals surface area contributed by atoms with Crippen molar-refractivity contribution in [3.8, 4) is 22.8 Å². The number of thiazole rings is 1. The predicted molar refractivity (Wildman–Crippen MR) is 93.4 cm³/mol. The first kappa shape index (κ1) is 15.1. The minimum atomic E-state index is 0.0599. The van der Waals surface area contributed by atoms with Crippen LogP contribution in [0.15, 0.2) is 59.0 Å². The molecule has 0 bridgehead atoms. The maximum atomic E-state index is 9.98. The van der Waals surface area contributed by atoms with Crippen LogP contribution in [-0.2, 0) is 0 Å². The molecular weight excluding hydrogens is 310 g/mol. The van der Waals surface area contributed by atoms with E-state index in [4.69, 9.17) is 4.74 Å². The Balaban J connectivity index is 1.71. The smallest absolute Gasteiger partial charge is 0.203 e. The molecule has 0 aliphatic heterocycles. The Bertz CT molecular complexity index is 816. The topological polar surface area (TPSA) is 66.7 Å². The molecule has 0 spiro atoms. The van der Waals surface area contributed by atoms with Gasteiger partial charge in [-0.15, -0.1) is 11.3 Å². The van der Waals surface area contributed by atoms with Gasteiger partial charge in [0.25, 0.3) is 0 Å². The molecule has 116 valence electrons. The van der Waals surface area contributed by atoms with Crippen molar-refractivity contribution < 1.29 is 9.84 Å². The third-order valence-corrected chi connectivity index (χ3v) is 3.93. The summed E-state index contributed by atoms with van der Waals surface area (Å²) < 4.78 is 5.06. The van der Waals surface area contributed by atoms with E-state index < -0.39 is 0 Å². The van der Waals surface area contributed by atoms with Crippen LogP contribution in [0.2, 0.25) is 0 Å². The summed E-state index contributed by atoms with van der Waals surface area (Å²) >= 11 is 1.47. The Hall–Kier alpha value is -2.86. The van der Waals surface area contributed by atoms with Crippen molar-refractivity contribution in [1.82, 2.24) is 4.98 Å². The van der Waals surface area contributed by atoms with Crippen LogP contribution in [0.3, 0.4) is 0 Å². The van der Waals surface area contributed by atoms with Gasteiger partial charge in [0.2, 0.25) is 5.13 Å². The molecule has 5 nitrogen and oxygen atoms in total. The number of benzene rings is 2. The lowest BCUT2D eigenvalue weighted by molar-refractivity contribution is 0.373. The minimum absolute atomic E-state index is 0.0599. The highest BCUT2D eigenvalue weighted by molar-refractivity contribution is 7.14. The van der Waals surface area contributed by atoms with Gasteiger partial charge in [-0.2, -0.15) is 5.10 Å². The lowest BCUT2D eigenvalue weighted by Gasteiger charge is -2.04. The summed E-state index contributed by atoms with van der Waals surface area (Å²) in [5.41, 5.74) is 5.40. The maximum absolute atomic E-state index is 9.98. The number of methoxy groups -OCH3 is 1. The molecule has 1 heterocycles. The third kappa shape index (κ3) is 3.49. The number of rotatable bonds is 5. The van der Waals surface area contributed by atoms with Gasteiger partial charge in [0.1, 0.15) is 0 Å². The molecule has 0 unspecified atom stereocenters. The number of nitrogens with zero attached hydrogens (tertiary/aromatic N) is 2. The Morgan fingerprint density at radius 3 is 2.78 bits per heavy atom. The molecule has 2 aromatic carbocycles. The Labute approximate surface area is 137 Å². The van der Waals surface area contributed by atoms with E-state index in [0.717, 1.165) is 11.3 Å². The van der Waals surface area contributed by atoms with Crippen LogP contribution >= 0.6 is 11.3 Å². The number of ether oxygens (including phenoxy) is 1. The Kier molecular flexibility index (Phi) is 4.54. The van der Waals surface area contributed by atoms with Crippen LogP contribution in [0.5, 0.6) is 11.5 Å². The number of phenolic OH excluding ortho intramolecular Hbond substituents is 1. The van der Waals surface area contributed by atoms with Crippen molar-refractivity contribution in [2.24, 2.45) is 5.10 Å². The number of anilines is 1. The van der Waals surface area contributed by atoms with Gasteiger partial charge in [0.15, 0.2) is 11.5 Å². The van der Waals surface area contributed by atoms with Gasteiger partial charge in [-0.05, 0) is 12.1 Å². The molecule has 0 amide bonds. The average Bonchev–Trinajstić information content (AvgIpc) is 3.06. The summed E-state index contributed by atoms with van der Waals surface area (Å²) in [4.78, 5) is 4.47. The standard InChI is InChI=1S/C17H15N3O2S/c1-22-15-9-5-8-13(16(15)21)10-18-20-17-19-14(11-23-17)12-6-3-2-4-7-12/h2-11,21H,1H3,(H,19,20)/b18-10+. The van der Waals surface area contributed by atoms with E-state index in [1.807, 2.05) is 35.7 Å². The molecule has 0 aliphatic rings. The first-order valence-corrected chi connectivity index (χ1v) is 7.82. The summed E-state index contributed by atoms with van der Waals surface area (Å²) in [7, 11) is 1.51. The van der Waals surface area contributed by atoms with Crippen molar-refractivity contribution >= 4 is 22.7 Å². The second-order valence-corrected chi connectivity index (χ2v) is 5.53. The number of hydrogen-bond acceptors (Lipinski definition) is 6. The number of hydrazone groups is 1. The van der Waals surface area contributed by atoms with Gasteiger partial charge in [-0.25, -0.2) is 4.98 Å². The molecule has 0 aliphatic carbocycles. The van der Waals surface area contributed by atoms with Gasteiger partial charge in [-0.1, -0.05) is 36.4 Å². The Morgan fingerprint density at radius 2 is 2.00 bits per heavy atom. The summed E-state index contributed by atoms with van der Waals surface area (Å²) in [5, 5.41) is 16.7. The third-order valence-electron chi connectivity index (χ3n) is 3.19. The fourth-order valence-corrected chi connectivity index (χ4v) is 2.70. The summed E-state index contributed by atoms with van der Waals surface area (Å²) in [6.07, 6.45) is 1.53. The lowest BCUT2D eigenvalue weighted by Crippen LogP contribution is -1.92. The van der Waals surface area contributed by atoms with E-state index in [9.17, 15) is 5.11 Å². The molecule has 2 N–H and O–H groups in total. The number of aromatic hydroxyl groups is 1. The molecule has 23 heavy (non-hydrogen) atoms. The SMILES string of the molecule is COc1cccc(/C=N/Nc2nc(-c3ccccc3)cs2)c1O. The highest BCUT2D eigenvalue weighted by Gasteiger charge is 2.05. The van der Waals surface area contributed by atoms with E-state index in [1.165, 1.54) is 24.7 Å². The van der Waals surface area contributed by atoms with Gasteiger partial charge < -0.3 is 9.84 Å². The minimum Gasteiger partial charge on any atom is -0.504 e. The highest BCUT2D eigenvalue weighted by Crippen LogP contribution is 2.28. The molecule has 0 radical (unpaired) electrons. The number of hydrogen-bond donors (Lipinski definition) is 2. The molecule has 0 fully saturated rings. The van der Waals surface area contributed by atoms with Crippen LogP contribution in [0, 0.1) is 0 Å². The first-order valence-electron chi connectivity index (χ1n) is 6.94. The van der Waals surface area contributed by atoms with E-state index in [2.05, 4.69) is 15.5 Å². The summed E-state index contributed by atoms with van der Waals surface area (Å²) in [6.45, 7) is 0. The average molecular weight is 325 g/mol. The van der Waals surface area contributed by atoms with Crippen molar-refractivity contribution in [1.29, 1.82) is 0 Å². The number of nitrogens with one attached hydrogen (secondary N) is 1. The molecule has 3 rings (SSSR count). The van der Waals surface area contributed by atoms with E-state index in [0.29, 0.717) is 16.4 Å². The summed E-state index contributed by atoms with van der Waals surface area (Å²) in [5.74, 6) is 0.472. The largest absolute Gasteiger partial charge is 0.504 e. The van der Waals surface area contributed by atoms with Crippen LogP contribution in [0.4, 0.5) is 5.13 Å². The van der Waals surface area contributed by atoms with Gasteiger partial charge >= 0.3 is 0 Å². The molecular formula is C17H15N3O2S. The first-order chi connectivity index (χ1) is 11.3. The summed E-state index contributed by atoms with van der Waals surface area (Å²) in [6, 6.07) is 15.2. The van der Waals surface area contributed by atoms with Crippen molar-refractivity contribution in [2.45, 2.75) is 0 Å². The van der Waals surface area contributed by atoms with Crippen molar-refractivity contribution in [2.75, 3.05) is 12.5 Å². The fraction of sp³-hybridized carbons (Fsp3) is 0.0588. The highest BCUT2D eigenvalue weighted by atomic mass is 32.1. The van der Waals surface area contributed by atoms with Gasteiger partial charge in [0.05, 0.1) is 19.0 Å². The monoisotopic (exact) mass is 325 g/mol. The second kappa shape index (κ2) is 6.93. The quantitative estimate of drug-likeness (QED) is 0.550. The van der Waals surface area contributed by atoms with E-state index >= 15 is 0 Å². The zero-order chi connectivity index (χ0) is 16.1. The predicted octanol–water partition coefficient (Wildman–Crippen LogP) is 3.97. The number of phenols is 1. The van der Waals surface area contributed by atoms with Crippen LogP contribution in [-0.4, -0.2) is 23.4 Å². The normalized spacial score (nSPS) is 10.8. The molecule has 3 aromatic rings. The molecule has 0 saturated heterocycles. The molecule has 6 heteroatoms. The lowest BCUT2D eigenvalue weighted by atomic mass is 10.2. The molecule has 0 saturated carbocycles. The maximum Gasteiger partial charge on any atom is 0.203 e. The number of para-hydroxylation sites is 1. The second-order valence-electron chi connectivity index (χ2n) is 4.67. The van der Waals surface area contributed by atoms with E-state index in [-0.39, 0.29) is 5.75 Å². The zero-order valence-corrected chi connectivity index (χ0v) is 13.2. The molecule has 1 aromatic heterocycles. The van der Waals surface area contributed by atoms with Crippen LogP contribution < -0.4 is 10.2 Å². The fourth-order valence-electron chi connectivity index (χ4n) is 2.03. The number of aromatic nitrogens is 1. The van der Waals surface area contributed by atoms with E-state index in [1.54, 1.807) is 18.2 Å². The van der Waals surface area contributed by atoms with Gasteiger partial charge in [-0.3, -0.25) is 5.43 Å². The van der Waals surface area contributed by atoms with Crippen LogP contribution in [0.1, 0.15) is 5.56 Å². The van der Waals surface area contributed by atoms with Crippen molar-refractivity contribution in [3.05, 3.63) is 59.5 Å². The van der Waals surface area contributed by atoms with Gasteiger partial charge in [0, 0.05) is 16.5 Å². The molecule has 0 atom stereocenters.